The Hall–Kier alpha value is -6.30. The lowest BCUT2D eigenvalue weighted by Crippen LogP contribution is -2.59. The molecule has 0 saturated heterocycles. The molecule has 2 aromatic rings. The fraction of sp³-hybridized carbons (Fsp3) is 0.512. The average Bonchev–Trinajstić information content (AvgIpc) is 3.29. The highest BCUT2D eigenvalue weighted by molar-refractivity contribution is 7.98. The number of hydrogen-bond donors (Lipinski definition) is 13. The number of carboxylic acid groups (broad SMARTS) is 1. The summed E-state index contributed by atoms with van der Waals surface area (Å²) in [5, 5.41) is 36.9. The Labute approximate surface area is 388 Å². The van der Waals surface area contributed by atoms with Crippen molar-refractivity contribution in [2.75, 3.05) is 38.2 Å². The van der Waals surface area contributed by atoms with Crippen LogP contribution in [0.5, 0.6) is 0 Å². The monoisotopic (exact) mass is 942 g/mol. The van der Waals surface area contributed by atoms with Gasteiger partial charge >= 0.3 is 5.97 Å². The van der Waals surface area contributed by atoms with E-state index in [1.165, 1.54) is 18.7 Å². The fourth-order valence-electron chi connectivity index (χ4n) is 6.27. The van der Waals surface area contributed by atoms with E-state index in [0.717, 1.165) is 0 Å². The molecule has 0 saturated carbocycles. The van der Waals surface area contributed by atoms with E-state index in [2.05, 4.69) is 42.2 Å². The highest BCUT2D eigenvalue weighted by Gasteiger charge is 2.33. The molecule has 17 N–H and O–H groups in total. The van der Waals surface area contributed by atoms with Crippen molar-refractivity contribution in [2.45, 2.75) is 101 Å². The fourth-order valence-corrected chi connectivity index (χ4v) is 6.74. The molecule has 0 bridgehead atoms. The number of benzene rings is 2. The first-order valence-corrected chi connectivity index (χ1v) is 22.9. The van der Waals surface area contributed by atoms with E-state index < -0.39 is 103 Å². The predicted molar refractivity (Wildman–Crippen MR) is 249 cm³/mol. The highest BCUT2D eigenvalue weighted by Crippen LogP contribution is 2.10. The van der Waals surface area contributed by atoms with Crippen molar-refractivity contribution < 1.29 is 48.6 Å². The van der Waals surface area contributed by atoms with Crippen LogP contribution in [0.1, 0.15) is 56.6 Å². The van der Waals surface area contributed by atoms with E-state index in [-0.39, 0.29) is 57.6 Å². The van der Waals surface area contributed by atoms with Gasteiger partial charge in [-0.15, -0.1) is 0 Å². The molecule has 66 heavy (non-hydrogen) atoms. The van der Waals surface area contributed by atoms with Crippen LogP contribution in [0.4, 0.5) is 0 Å². The molecule has 0 fully saturated rings. The summed E-state index contributed by atoms with van der Waals surface area (Å²) in [6, 6.07) is 8.62. The average molecular weight is 943 g/mol. The van der Waals surface area contributed by atoms with Crippen LogP contribution >= 0.6 is 11.8 Å². The molecule has 0 spiro atoms. The number of rotatable bonds is 31. The summed E-state index contributed by atoms with van der Waals surface area (Å²) in [6.07, 6.45) is 3.00. The number of aliphatic hydroxyl groups excluding tert-OH is 1. The lowest BCUT2D eigenvalue weighted by molar-refractivity contribution is -0.142. The van der Waals surface area contributed by atoms with Gasteiger partial charge in [0.2, 0.25) is 41.4 Å². The summed E-state index contributed by atoms with van der Waals surface area (Å²) in [5.74, 6) is -6.40. The minimum atomic E-state index is -1.31. The van der Waals surface area contributed by atoms with Crippen molar-refractivity contribution in [3.63, 3.8) is 0 Å². The maximum absolute atomic E-state index is 14.1. The minimum absolute atomic E-state index is 0.00145. The zero-order valence-corrected chi connectivity index (χ0v) is 38.1. The Balaban J connectivity index is 2.33. The predicted octanol–water partition coefficient (Wildman–Crippen LogP) is -3.14. The van der Waals surface area contributed by atoms with E-state index in [1.54, 1.807) is 66.9 Å². The summed E-state index contributed by atoms with van der Waals surface area (Å²) >= 11 is 1.40. The number of carboxylic acids is 1. The second-order valence-corrected chi connectivity index (χ2v) is 16.3. The van der Waals surface area contributed by atoms with Crippen LogP contribution in [0, 0.1) is 0 Å². The number of nitrogens with one attached hydrogen (secondary N) is 7. The van der Waals surface area contributed by atoms with Gasteiger partial charge in [0.25, 0.3) is 0 Å². The van der Waals surface area contributed by atoms with Gasteiger partial charge in [-0.2, -0.15) is 11.8 Å². The number of hydrogen-bond acceptors (Lipinski definition) is 13. The summed E-state index contributed by atoms with van der Waals surface area (Å²) < 4.78 is 0. The van der Waals surface area contributed by atoms with Crippen LogP contribution in [0.25, 0.3) is 0 Å². The molecule has 364 valence electrons. The Bertz CT molecular complexity index is 1910. The van der Waals surface area contributed by atoms with Crippen molar-refractivity contribution in [1.29, 1.82) is 0 Å². The summed E-state index contributed by atoms with van der Waals surface area (Å²) in [5.41, 5.74) is 23.6. The first kappa shape index (κ1) is 55.8. The largest absolute Gasteiger partial charge is 0.480 e. The third kappa shape index (κ3) is 21.6. The second-order valence-electron chi connectivity index (χ2n) is 15.3. The zero-order valence-electron chi connectivity index (χ0n) is 37.3. The lowest BCUT2D eigenvalue weighted by Gasteiger charge is -2.27. The molecule has 7 amide bonds. The molecule has 2 aromatic carbocycles. The molecule has 0 radical (unpaired) electrons. The van der Waals surface area contributed by atoms with E-state index in [9.17, 15) is 43.5 Å². The zero-order chi connectivity index (χ0) is 49.0. The molecule has 0 heterocycles. The first-order valence-electron chi connectivity index (χ1n) is 21.5. The van der Waals surface area contributed by atoms with Gasteiger partial charge in [-0.3, -0.25) is 38.6 Å². The van der Waals surface area contributed by atoms with E-state index in [0.29, 0.717) is 29.7 Å². The van der Waals surface area contributed by atoms with Gasteiger partial charge in [-0.25, -0.2) is 4.79 Å². The number of nitrogens with zero attached hydrogens (tertiary/aromatic N) is 1. The normalized spacial score (nSPS) is 14.0. The number of amides is 7. The molecule has 0 aromatic heterocycles. The minimum Gasteiger partial charge on any atom is -0.480 e. The number of guanidine groups is 1. The van der Waals surface area contributed by atoms with Crippen LogP contribution in [0.2, 0.25) is 0 Å². The third-order valence-electron chi connectivity index (χ3n) is 9.94. The molecule has 0 aliphatic heterocycles. The lowest BCUT2D eigenvalue weighted by atomic mass is 10.0. The quantitative estimate of drug-likeness (QED) is 0.0202. The number of carbonyl (C=O) groups is 8. The standard InChI is InChI=1S/C43H66N12O10S/c1-26(36(58)55-34(42(64)65)23-28-14-7-4-8-15-28)50-38(60)32(18-21-66-2)54-39(61)30(16-9-10-19-44)52-40(62)31(17-11-20-48-43(46)47)53-41(63)33(22-27-12-5-3-6-13-27)51-35(57)24-49-37(59)29(45)25-56/h3-8,12-15,26,29-34,56H,9-11,16-25,44-45H2,1-2H3,(H,49,59)(H,50,60)(H,51,57)(H,52,62)(H,53,63)(H,54,61)(H,55,58)(H,64,65)(H4,46,47,48)/t26-,29-,30-,31-,32-,33-,34-/m0/s1. The third-order valence-corrected chi connectivity index (χ3v) is 10.6. The van der Waals surface area contributed by atoms with Crippen molar-refractivity contribution in [3.05, 3.63) is 71.8 Å². The van der Waals surface area contributed by atoms with E-state index in [1.807, 2.05) is 0 Å². The van der Waals surface area contributed by atoms with Crippen molar-refractivity contribution in [3.8, 4) is 0 Å². The van der Waals surface area contributed by atoms with Crippen molar-refractivity contribution in [1.82, 2.24) is 37.2 Å². The van der Waals surface area contributed by atoms with Crippen LogP contribution in [-0.2, 0) is 51.2 Å². The SMILES string of the molecule is CSCC[C@H](NC(=O)[C@H](CCCCN)NC(=O)[C@H](CCCN=C(N)N)NC(=O)[C@H](Cc1ccccc1)NC(=O)CNC(=O)[C@@H](N)CO)C(=O)N[C@@H](C)C(=O)N[C@@H](Cc1ccccc1)C(=O)O. The summed E-state index contributed by atoms with van der Waals surface area (Å²) in [7, 11) is 0. The molecule has 0 unspecified atom stereocenters. The molecule has 22 nitrogen and oxygen atoms in total. The number of unbranched alkanes of at least 4 members (excludes halogenated alkanes) is 1. The van der Waals surface area contributed by atoms with Crippen molar-refractivity contribution >= 4 is 65.0 Å². The Morgan fingerprint density at radius 3 is 1.62 bits per heavy atom. The van der Waals surface area contributed by atoms with Crippen molar-refractivity contribution in [2.24, 2.45) is 27.9 Å². The van der Waals surface area contributed by atoms with Gasteiger partial charge < -0.3 is 70.4 Å². The Morgan fingerprint density at radius 2 is 1.12 bits per heavy atom. The molecular weight excluding hydrogens is 877 g/mol. The van der Waals surface area contributed by atoms with Gasteiger partial charge in [0.15, 0.2) is 5.96 Å². The molecular formula is C43H66N12O10S. The second kappa shape index (κ2) is 30.8. The Kier molecular flexibility index (Phi) is 26.0. The number of aliphatic carboxylic acids is 1. The topological polar surface area (TPSA) is 378 Å². The number of carbonyl (C=O) groups excluding carboxylic acids is 7. The van der Waals surface area contributed by atoms with Gasteiger partial charge in [0.05, 0.1) is 13.2 Å². The number of aliphatic hydroxyl groups is 1. The highest BCUT2D eigenvalue weighted by atomic mass is 32.2. The van der Waals surface area contributed by atoms with Gasteiger partial charge in [0.1, 0.15) is 42.3 Å². The summed E-state index contributed by atoms with van der Waals surface area (Å²) in [4.78, 5) is 110. The van der Waals surface area contributed by atoms with E-state index >= 15 is 0 Å². The molecule has 2 rings (SSSR count). The van der Waals surface area contributed by atoms with Crippen LogP contribution in [0.3, 0.4) is 0 Å². The summed E-state index contributed by atoms with van der Waals surface area (Å²) in [6.45, 7) is 0.507. The maximum atomic E-state index is 14.1. The van der Waals surface area contributed by atoms with Crippen LogP contribution in [0.15, 0.2) is 65.7 Å². The van der Waals surface area contributed by atoms with Crippen LogP contribution in [-0.4, -0.2) is 144 Å². The number of aliphatic imine (C=N–C) groups is 1. The Morgan fingerprint density at radius 1 is 0.636 bits per heavy atom. The molecule has 7 atom stereocenters. The number of nitrogens with two attached hydrogens (primary N) is 4. The van der Waals surface area contributed by atoms with Crippen LogP contribution < -0.4 is 60.2 Å². The molecule has 0 aliphatic rings. The number of thioether (sulfide) groups is 1. The first-order chi connectivity index (χ1) is 31.5. The maximum Gasteiger partial charge on any atom is 0.326 e. The molecule has 0 aliphatic carbocycles. The van der Waals surface area contributed by atoms with E-state index in [4.69, 9.17) is 28.0 Å². The van der Waals surface area contributed by atoms with Gasteiger partial charge in [-0.05, 0) is 75.1 Å². The molecule has 23 heteroatoms. The van der Waals surface area contributed by atoms with Gasteiger partial charge in [0, 0.05) is 19.4 Å². The smallest absolute Gasteiger partial charge is 0.326 e. The van der Waals surface area contributed by atoms with Gasteiger partial charge in [-0.1, -0.05) is 60.7 Å².